The molecule has 2 aliphatic rings. The quantitative estimate of drug-likeness (QED) is 0.765. The maximum Gasteiger partial charge on any atom is 0.329 e. The fourth-order valence-electron chi connectivity index (χ4n) is 2.65. The number of carbonyl (C=O) groups is 2. The van der Waals surface area contributed by atoms with E-state index in [0.717, 1.165) is 25.7 Å². The highest BCUT2D eigenvalue weighted by Gasteiger charge is 2.42. The average molecular weight is 225 g/mol. The SMILES string of the molecule is O=C(CC1CCC1)NC1(C(=O)O)CCCC1. The van der Waals surface area contributed by atoms with Crippen molar-refractivity contribution < 1.29 is 14.7 Å². The largest absolute Gasteiger partial charge is 0.480 e. The first-order valence-corrected chi connectivity index (χ1v) is 6.17. The third-order valence-electron chi connectivity index (χ3n) is 3.94. The maximum absolute atomic E-state index is 11.7. The summed E-state index contributed by atoms with van der Waals surface area (Å²) in [6.45, 7) is 0. The van der Waals surface area contributed by atoms with E-state index in [4.69, 9.17) is 0 Å². The number of amides is 1. The molecule has 2 fully saturated rings. The van der Waals surface area contributed by atoms with Gasteiger partial charge in [0.05, 0.1) is 0 Å². The van der Waals surface area contributed by atoms with Crippen molar-refractivity contribution >= 4 is 11.9 Å². The Balaban J connectivity index is 1.89. The summed E-state index contributed by atoms with van der Waals surface area (Å²) >= 11 is 0. The van der Waals surface area contributed by atoms with Crippen molar-refractivity contribution in [1.29, 1.82) is 0 Å². The summed E-state index contributed by atoms with van der Waals surface area (Å²) in [7, 11) is 0. The molecule has 90 valence electrons. The fraction of sp³-hybridized carbons (Fsp3) is 0.833. The number of rotatable bonds is 4. The first-order chi connectivity index (χ1) is 7.62. The smallest absolute Gasteiger partial charge is 0.329 e. The summed E-state index contributed by atoms with van der Waals surface area (Å²) in [5, 5.41) is 12.0. The van der Waals surface area contributed by atoms with Crippen LogP contribution in [0.15, 0.2) is 0 Å². The Morgan fingerprint density at radius 3 is 2.25 bits per heavy atom. The van der Waals surface area contributed by atoms with E-state index in [0.29, 0.717) is 25.2 Å². The molecule has 0 spiro atoms. The highest BCUT2D eigenvalue weighted by Crippen LogP contribution is 2.32. The molecule has 2 N–H and O–H groups in total. The van der Waals surface area contributed by atoms with Gasteiger partial charge in [-0.25, -0.2) is 4.79 Å². The molecule has 16 heavy (non-hydrogen) atoms. The molecule has 0 bridgehead atoms. The van der Waals surface area contributed by atoms with E-state index in [1.165, 1.54) is 6.42 Å². The van der Waals surface area contributed by atoms with Gasteiger partial charge in [-0.3, -0.25) is 4.79 Å². The van der Waals surface area contributed by atoms with Crippen LogP contribution < -0.4 is 5.32 Å². The zero-order valence-corrected chi connectivity index (χ0v) is 9.50. The molecule has 0 saturated heterocycles. The van der Waals surface area contributed by atoms with Crippen molar-refractivity contribution in [1.82, 2.24) is 5.32 Å². The Morgan fingerprint density at radius 1 is 1.19 bits per heavy atom. The molecule has 0 aromatic rings. The Hall–Kier alpha value is -1.06. The monoisotopic (exact) mass is 225 g/mol. The number of carboxylic acids is 1. The van der Waals surface area contributed by atoms with Crippen LogP contribution in [0.1, 0.15) is 51.4 Å². The Kier molecular flexibility index (Phi) is 3.17. The van der Waals surface area contributed by atoms with Gasteiger partial charge in [-0.05, 0) is 31.6 Å². The number of carbonyl (C=O) groups excluding carboxylic acids is 1. The third-order valence-corrected chi connectivity index (χ3v) is 3.94. The van der Waals surface area contributed by atoms with Crippen LogP contribution in [0.4, 0.5) is 0 Å². The lowest BCUT2D eigenvalue weighted by atomic mass is 9.82. The van der Waals surface area contributed by atoms with Gasteiger partial charge < -0.3 is 10.4 Å². The van der Waals surface area contributed by atoms with Crippen molar-refractivity contribution in [2.45, 2.75) is 56.9 Å². The molecule has 0 aromatic heterocycles. The molecule has 4 nitrogen and oxygen atoms in total. The van der Waals surface area contributed by atoms with E-state index in [2.05, 4.69) is 5.32 Å². The fourth-order valence-corrected chi connectivity index (χ4v) is 2.65. The van der Waals surface area contributed by atoms with Gasteiger partial charge in [0.25, 0.3) is 0 Å². The Morgan fingerprint density at radius 2 is 1.81 bits per heavy atom. The standard InChI is InChI=1S/C12H19NO3/c14-10(8-9-4-3-5-9)13-12(11(15)16)6-1-2-7-12/h9H,1-8H2,(H,13,14)(H,15,16). The highest BCUT2D eigenvalue weighted by atomic mass is 16.4. The first-order valence-electron chi connectivity index (χ1n) is 6.17. The van der Waals surface area contributed by atoms with Gasteiger partial charge in [-0.15, -0.1) is 0 Å². The molecule has 0 aliphatic heterocycles. The lowest BCUT2D eigenvalue weighted by Gasteiger charge is -2.29. The lowest BCUT2D eigenvalue weighted by molar-refractivity contribution is -0.147. The number of hydrogen-bond acceptors (Lipinski definition) is 2. The molecule has 2 aliphatic carbocycles. The minimum atomic E-state index is -0.958. The molecule has 0 radical (unpaired) electrons. The van der Waals surface area contributed by atoms with Gasteiger partial charge in [0.1, 0.15) is 5.54 Å². The molecule has 0 unspecified atom stereocenters. The molecule has 2 rings (SSSR count). The third kappa shape index (κ3) is 2.20. The lowest BCUT2D eigenvalue weighted by Crippen LogP contribution is -2.52. The predicted octanol–water partition coefficient (Wildman–Crippen LogP) is 1.69. The van der Waals surface area contributed by atoms with Crippen molar-refractivity contribution in [2.75, 3.05) is 0 Å². The maximum atomic E-state index is 11.7. The van der Waals surface area contributed by atoms with E-state index in [9.17, 15) is 14.7 Å². The average Bonchev–Trinajstić information content (AvgIpc) is 2.61. The number of hydrogen-bond donors (Lipinski definition) is 2. The normalized spacial score (nSPS) is 23.8. The molecule has 0 atom stereocenters. The van der Waals surface area contributed by atoms with Gasteiger partial charge in [0.15, 0.2) is 0 Å². The number of carboxylic acid groups (broad SMARTS) is 1. The minimum Gasteiger partial charge on any atom is -0.480 e. The summed E-state index contributed by atoms with van der Waals surface area (Å²) in [5.74, 6) is -0.451. The Labute approximate surface area is 95.4 Å². The van der Waals surface area contributed by atoms with Gasteiger partial charge >= 0.3 is 5.97 Å². The van der Waals surface area contributed by atoms with Crippen LogP contribution in [0.3, 0.4) is 0 Å². The number of aliphatic carboxylic acids is 1. The summed E-state index contributed by atoms with van der Waals surface area (Å²) < 4.78 is 0. The van der Waals surface area contributed by atoms with Crippen LogP contribution in [0.25, 0.3) is 0 Å². The van der Waals surface area contributed by atoms with Crippen molar-refractivity contribution in [3.8, 4) is 0 Å². The summed E-state index contributed by atoms with van der Waals surface area (Å²) in [4.78, 5) is 23.0. The predicted molar refractivity (Wildman–Crippen MR) is 58.9 cm³/mol. The Bertz CT molecular complexity index is 291. The number of nitrogens with one attached hydrogen (secondary N) is 1. The molecule has 1 amide bonds. The second-order valence-corrected chi connectivity index (χ2v) is 5.14. The second kappa shape index (κ2) is 4.44. The zero-order chi connectivity index (χ0) is 11.6. The van der Waals surface area contributed by atoms with Crippen molar-refractivity contribution in [3.05, 3.63) is 0 Å². The van der Waals surface area contributed by atoms with Crippen LogP contribution in [0, 0.1) is 5.92 Å². The molecule has 0 heterocycles. The highest BCUT2D eigenvalue weighted by molar-refractivity contribution is 5.87. The van der Waals surface area contributed by atoms with E-state index < -0.39 is 11.5 Å². The van der Waals surface area contributed by atoms with Crippen LogP contribution in [-0.2, 0) is 9.59 Å². The summed E-state index contributed by atoms with van der Waals surface area (Å²) in [6.07, 6.45) is 6.92. The molecule has 0 aromatic carbocycles. The summed E-state index contributed by atoms with van der Waals surface area (Å²) in [5.41, 5.74) is -0.958. The van der Waals surface area contributed by atoms with Crippen LogP contribution >= 0.6 is 0 Å². The van der Waals surface area contributed by atoms with Gasteiger partial charge in [0, 0.05) is 6.42 Å². The van der Waals surface area contributed by atoms with Gasteiger partial charge in [0.2, 0.25) is 5.91 Å². The van der Waals surface area contributed by atoms with Gasteiger partial charge in [-0.2, -0.15) is 0 Å². The van der Waals surface area contributed by atoms with Crippen LogP contribution in [0.5, 0.6) is 0 Å². The first kappa shape index (κ1) is 11.4. The molecular formula is C12H19NO3. The van der Waals surface area contributed by atoms with E-state index in [-0.39, 0.29) is 5.91 Å². The van der Waals surface area contributed by atoms with E-state index in [1.54, 1.807) is 0 Å². The van der Waals surface area contributed by atoms with Crippen LogP contribution in [0.2, 0.25) is 0 Å². The topological polar surface area (TPSA) is 66.4 Å². The van der Waals surface area contributed by atoms with Crippen molar-refractivity contribution in [2.24, 2.45) is 5.92 Å². The van der Waals surface area contributed by atoms with Crippen molar-refractivity contribution in [3.63, 3.8) is 0 Å². The second-order valence-electron chi connectivity index (χ2n) is 5.14. The molecular weight excluding hydrogens is 206 g/mol. The van der Waals surface area contributed by atoms with Crippen LogP contribution in [-0.4, -0.2) is 22.5 Å². The van der Waals surface area contributed by atoms with E-state index >= 15 is 0 Å². The minimum absolute atomic E-state index is 0.0750. The zero-order valence-electron chi connectivity index (χ0n) is 9.50. The van der Waals surface area contributed by atoms with Gasteiger partial charge in [-0.1, -0.05) is 19.3 Å². The molecule has 4 heteroatoms. The van der Waals surface area contributed by atoms with E-state index in [1.807, 2.05) is 0 Å². The summed E-state index contributed by atoms with van der Waals surface area (Å²) in [6, 6.07) is 0. The molecule has 2 saturated carbocycles.